The number of hydrogen-bond donors (Lipinski definition) is 0. The normalized spacial score (nSPS) is 15.5. The van der Waals surface area contributed by atoms with Crippen molar-refractivity contribution in [3.63, 3.8) is 0 Å². The van der Waals surface area contributed by atoms with Gasteiger partial charge in [-0.2, -0.15) is 0 Å². The van der Waals surface area contributed by atoms with Gasteiger partial charge in [0.05, 0.1) is 24.1 Å². The topological polar surface area (TPSA) is 72.6 Å². The summed E-state index contributed by atoms with van der Waals surface area (Å²) in [6.07, 6.45) is 1.61. The maximum absolute atomic E-state index is 13.5. The van der Waals surface area contributed by atoms with E-state index < -0.39 is 11.9 Å². The number of pyridine rings is 1. The van der Waals surface area contributed by atoms with Gasteiger partial charge in [0.15, 0.2) is 5.43 Å². The van der Waals surface area contributed by atoms with Crippen LogP contribution in [-0.4, -0.2) is 18.0 Å². The maximum atomic E-state index is 13.5. The average molecular weight is 463 g/mol. The molecule has 0 radical (unpaired) electrons. The summed E-state index contributed by atoms with van der Waals surface area (Å²) in [6.45, 7) is 0. The highest BCUT2D eigenvalue weighted by Gasteiger charge is 2.44. The molecule has 7 heteroatoms. The molecule has 1 aliphatic heterocycles. The highest BCUT2D eigenvalue weighted by molar-refractivity contribution is 9.10. The summed E-state index contributed by atoms with van der Waals surface area (Å²) in [4.78, 5) is 32.8. The fraction of sp³-hybridized carbons (Fsp3) is 0.0870. The molecular formula is C23H15BrN2O4. The Morgan fingerprint density at radius 1 is 1.07 bits per heavy atom. The molecule has 0 fully saturated rings. The number of carbonyl (C=O) groups excluding carboxylic acids is 1. The molecule has 30 heavy (non-hydrogen) atoms. The Labute approximate surface area is 179 Å². The molecule has 0 saturated heterocycles. The average Bonchev–Trinajstić information content (AvgIpc) is 3.07. The minimum atomic E-state index is -0.683. The molecule has 4 aromatic rings. The van der Waals surface area contributed by atoms with E-state index in [9.17, 15) is 9.59 Å². The highest BCUT2D eigenvalue weighted by atomic mass is 79.9. The Bertz CT molecular complexity index is 1350. The summed E-state index contributed by atoms with van der Waals surface area (Å²) in [7, 11) is 1.57. The van der Waals surface area contributed by atoms with E-state index >= 15 is 0 Å². The van der Waals surface area contributed by atoms with Crippen molar-refractivity contribution in [2.24, 2.45) is 0 Å². The Hall–Kier alpha value is -3.45. The molecule has 1 amide bonds. The van der Waals surface area contributed by atoms with Gasteiger partial charge in [0.1, 0.15) is 17.2 Å². The molecule has 0 N–H and O–H groups in total. The fourth-order valence-corrected chi connectivity index (χ4v) is 4.17. The van der Waals surface area contributed by atoms with Crippen LogP contribution in [0.3, 0.4) is 0 Å². The molecule has 1 aliphatic rings. The van der Waals surface area contributed by atoms with Crippen molar-refractivity contribution in [2.45, 2.75) is 6.04 Å². The molecule has 148 valence electrons. The first kappa shape index (κ1) is 18.6. The molecule has 0 aliphatic carbocycles. The number of rotatable bonds is 3. The zero-order chi connectivity index (χ0) is 20.8. The van der Waals surface area contributed by atoms with Crippen LogP contribution in [0.15, 0.2) is 80.5 Å². The SMILES string of the molecule is COc1cccc(C2c3c(oc4ccc(Br)cc4c3=O)C(=O)N2c2ccccn2)c1. The predicted molar refractivity (Wildman–Crippen MR) is 116 cm³/mol. The standard InChI is InChI=1S/C23H15BrN2O4/c1-29-15-6-4-5-13(11-15)20-19-21(27)16-12-14(24)8-9-17(16)30-22(19)23(28)26(20)18-7-2-3-10-25-18/h2-12,20H,1H3. The molecule has 1 atom stereocenters. The Morgan fingerprint density at radius 2 is 1.93 bits per heavy atom. The number of amides is 1. The third-order valence-corrected chi connectivity index (χ3v) is 5.63. The van der Waals surface area contributed by atoms with Gasteiger partial charge in [-0.05, 0) is 48.0 Å². The molecule has 1 unspecified atom stereocenters. The molecular weight excluding hydrogens is 448 g/mol. The van der Waals surface area contributed by atoms with E-state index in [1.807, 2.05) is 24.3 Å². The Balaban J connectivity index is 1.83. The highest BCUT2D eigenvalue weighted by Crippen LogP contribution is 2.41. The predicted octanol–water partition coefficient (Wildman–Crippen LogP) is 4.71. The molecule has 2 aromatic heterocycles. The number of fused-ring (bicyclic) bond motifs is 2. The first-order valence-corrected chi connectivity index (χ1v) is 10.0. The van der Waals surface area contributed by atoms with Gasteiger partial charge in [-0.1, -0.05) is 34.1 Å². The number of anilines is 1. The number of carbonyl (C=O) groups is 1. The van der Waals surface area contributed by atoms with Crippen LogP contribution in [-0.2, 0) is 0 Å². The molecule has 0 bridgehead atoms. The minimum absolute atomic E-state index is 0.0355. The number of aromatic nitrogens is 1. The third-order valence-electron chi connectivity index (χ3n) is 5.14. The van der Waals surface area contributed by atoms with Crippen LogP contribution in [0.25, 0.3) is 11.0 Å². The monoisotopic (exact) mass is 462 g/mol. The fourth-order valence-electron chi connectivity index (χ4n) is 3.80. The van der Waals surface area contributed by atoms with E-state index in [0.717, 1.165) is 10.0 Å². The summed E-state index contributed by atoms with van der Waals surface area (Å²) in [5.74, 6) is 0.695. The lowest BCUT2D eigenvalue weighted by atomic mass is 9.98. The minimum Gasteiger partial charge on any atom is -0.497 e. The van der Waals surface area contributed by atoms with Crippen molar-refractivity contribution in [3.05, 3.63) is 98.4 Å². The summed E-state index contributed by atoms with van der Waals surface area (Å²) >= 11 is 3.40. The third kappa shape index (κ3) is 2.81. The van der Waals surface area contributed by atoms with Gasteiger partial charge in [0.2, 0.25) is 5.76 Å². The van der Waals surface area contributed by atoms with Gasteiger partial charge in [-0.15, -0.1) is 0 Å². The lowest BCUT2D eigenvalue weighted by Crippen LogP contribution is -2.30. The summed E-state index contributed by atoms with van der Waals surface area (Å²) in [5, 5.41) is 0.409. The second-order valence-electron chi connectivity index (χ2n) is 6.86. The zero-order valence-electron chi connectivity index (χ0n) is 15.8. The van der Waals surface area contributed by atoms with Crippen LogP contribution < -0.4 is 15.1 Å². The van der Waals surface area contributed by atoms with Gasteiger partial charge in [-0.25, -0.2) is 4.98 Å². The van der Waals surface area contributed by atoms with Gasteiger partial charge < -0.3 is 9.15 Å². The van der Waals surface area contributed by atoms with E-state index in [0.29, 0.717) is 28.1 Å². The van der Waals surface area contributed by atoms with Crippen molar-refractivity contribution >= 4 is 38.6 Å². The van der Waals surface area contributed by atoms with E-state index in [2.05, 4.69) is 20.9 Å². The van der Waals surface area contributed by atoms with Crippen LogP contribution in [0.1, 0.15) is 27.7 Å². The molecule has 3 heterocycles. The molecule has 2 aromatic carbocycles. The molecule has 0 saturated carbocycles. The number of benzene rings is 2. The summed E-state index contributed by atoms with van der Waals surface area (Å²) in [5.41, 5.74) is 1.15. The molecule has 0 spiro atoms. The van der Waals surface area contributed by atoms with Crippen molar-refractivity contribution in [3.8, 4) is 5.75 Å². The lowest BCUT2D eigenvalue weighted by Gasteiger charge is -2.24. The van der Waals surface area contributed by atoms with Crippen LogP contribution >= 0.6 is 15.9 Å². The van der Waals surface area contributed by atoms with Gasteiger partial charge in [0.25, 0.3) is 5.91 Å². The van der Waals surface area contributed by atoms with Gasteiger partial charge in [0, 0.05) is 10.7 Å². The summed E-state index contributed by atoms with van der Waals surface area (Å²) in [6, 6.07) is 17.1. The van der Waals surface area contributed by atoms with E-state index in [-0.39, 0.29) is 11.2 Å². The Morgan fingerprint density at radius 3 is 2.70 bits per heavy atom. The second-order valence-corrected chi connectivity index (χ2v) is 7.77. The van der Waals surface area contributed by atoms with Crippen LogP contribution in [0.2, 0.25) is 0 Å². The first-order valence-electron chi connectivity index (χ1n) is 9.23. The van der Waals surface area contributed by atoms with E-state index in [1.165, 1.54) is 4.90 Å². The molecule has 5 rings (SSSR count). The summed E-state index contributed by atoms with van der Waals surface area (Å²) < 4.78 is 12.1. The van der Waals surface area contributed by atoms with Crippen LogP contribution in [0, 0.1) is 0 Å². The second kappa shape index (κ2) is 7.11. The van der Waals surface area contributed by atoms with Crippen molar-refractivity contribution in [2.75, 3.05) is 12.0 Å². The number of hydrogen-bond acceptors (Lipinski definition) is 5. The van der Waals surface area contributed by atoms with Crippen molar-refractivity contribution < 1.29 is 13.9 Å². The maximum Gasteiger partial charge on any atom is 0.296 e. The first-order chi connectivity index (χ1) is 14.6. The van der Waals surface area contributed by atoms with Crippen molar-refractivity contribution in [1.29, 1.82) is 0 Å². The quantitative estimate of drug-likeness (QED) is 0.440. The van der Waals surface area contributed by atoms with E-state index in [1.54, 1.807) is 49.7 Å². The Kier molecular flexibility index (Phi) is 4.40. The number of methoxy groups -OCH3 is 1. The van der Waals surface area contributed by atoms with Crippen LogP contribution in [0.5, 0.6) is 5.75 Å². The lowest BCUT2D eigenvalue weighted by molar-refractivity contribution is 0.0970. The molecule has 6 nitrogen and oxygen atoms in total. The van der Waals surface area contributed by atoms with Gasteiger partial charge in [-0.3, -0.25) is 14.5 Å². The number of halogens is 1. The van der Waals surface area contributed by atoms with E-state index in [4.69, 9.17) is 9.15 Å². The van der Waals surface area contributed by atoms with Crippen molar-refractivity contribution in [1.82, 2.24) is 4.98 Å². The zero-order valence-corrected chi connectivity index (χ0v) is 17.4. The number of ether oxygens (including phenoxy) is 1. The number of nitrogens with zero attached hydrogens (tertiary/aromatic N) is 2. The largest absolute Gasteiger partial charge is 0.497 e. The smallest absolute Gasteiger partial charge is 0.296 e. The van der Waals surface area contributed by atoms with Crippen LogP contribution in [0.4, 0.5) is 5.82 Å². The van der Waals surface area contributed by atoms with Gasteiger partial charge >= 0.3 is 0 Å².